The third kappa shape index (κ3) is 3.00. The average Bonchev–Trinajstić information content (AvgIpc) is 3.20. The van der Waals surface area contributed by atoms with Gasteiger partial charge in [0.15, 0.2) is 0 Å². The summed E-state index contributed by atoms with van der Waals surface area (Å²) in [7, 11) is 0. The first-order chi connectivity index (χ1) is 14.2. The fraction of sp³-hybridized carbons (Fsp3) is 0.0417. The Kier molecular flexibility index (Phi) is 4.19. The van der Waals surface area contributed by atoms with Gasteiger partial charge in [0.2, 0.25) is 0 Å². The van der Waals surface area contributed by atoms with Crippen LogP contribution in [0.3, 0.4) is 0 Å². The van der Waals surface area contributed by atoms with Crippen molar-refractivity contribution in [3.05, 3.63) is 99.9 Å². The van der Waals surface area contributed by atoms with Crippen LogP contribution in [0.2, 0.25) is 0 Å². The quantitative estimate of drug-likeness (QED) is 0.423. The van der Waals surface area contributed by atoms with Crippen LogP contribution in [0.15, 0.2) is 83.2 Å². The minimum atomic E-state index is -0.0906. The summed E-state index contributed by atoms with van der Waals surface area (Å²) in [6.45, 7) is 0.318. The van der Waals surface area contributed by atoms with Gasteiger partial charge in [-0.1, -0.05) is 54.6 Å². The second kappa shape index (κ2) is 7.01. The number of aromatic nitrogens is 2. The summed E-state index contributed by atoms with van der Waals surface area (Å²) < 4.78 is 1.58. The molecule has 3 aromatic carbocycles. The molecular formula is C24H15N3OS. The number of hydrogen-bond acceptors (Lipinski definition) is 4. The van der Waals surface area contributed by atoms with Gasteiger partial charge in [0.05, 0.1) is 29.9 Å². The molecular weight excluding hydrogens is 378 g/mol. The van der Waals surface area contributed by atoms with Gasteiger partial charge in [0, 0.05) is 10.9 Å². The summed E-state index contributed by atoms with van der Waals surface area (Å²) in [5.74, 6) is 0. The molecule has 0 amide bonds. The maximum Gasteiger partial charge on any atom is 0.263 e. The molecule has 0 aliphatic rings. The monoisotopic (exact) mass is 393 g/mol. The molecule has 0 N–H and O–H groups in total. The third-order valence-electron chi connectivity index (χ3n) is 5.10. The van der Waals surface area contributed by atoms with Gasteiger partial charge in [-0.3, -0.25) is 9.36 Å². The van der Waals surface area contributed by atoms with Crippen molar-refractivity contribution in [3.63, 3.8) is 0 Å². The lowest BCUT2D eigenvalue weighted by Gasteiger charge is -2.08. The van der Waals surface area contributed by atoms with Crippen LogP contribution in [0.4, 0.5) is 0 Å². The van der Waals surface area contributed by atoms with Crippen molar-refractivity contribution < 1.29 is 0 Å². The number of thiophene rings is 1. The fourth-order valence-corrected chi connectivity index (χ4v) is 4.51. The van der Waals surface area contributed by atoms with Gasteiger partial charge >= 0.3 is 0 Å². The van der Waals surface area contributed by atoms with E-state index in [2.05, 4.69) is 35.3 Å². The highest BCUT2D eigenvalue weighted by atomic mass is 32.1. The molecule has 0 saturated carbocycles. The van der Waals surface area contributed by atoms with Gasteiger partial charge in [-0.15, -0.1) is 11.3 Å². The van der Waals surface area contributed by atoms with E-state index in [4.69, 9.17) is 0 Å². The number of nitriles is 1. The van der Waals surface area contributed by atoms with Crippen LogP contribution in [0, 0.1) is 11.3 Å². The van der Waals surface area contributed by atoms with E-state index in [-0.39, 0.29) is 5.56 Å². The van der Waals surface area contributed by atoms with Crippen LogP contribution in [-0.4, -0.2) is 9.55 Å². The van der Waals surface area contributed by atoms with E-state index < -0.39 is 0 Å². The zero-order valence-electron chi connectivity index (χ0n) is 15.4. The van der Waals surface area contributed by atoms with Gasteiger partial charge in [0.25, 0.3) is 5.56 Å². The van der Waals surface area contributed by atoms with E-state index in [0.717, 1.165) is 26.9 Å². The Hall–Kier alpha value is -3.75. The second-order valence-electron chi connectivity index (χ2n) is 6.84. The van der Waals surface area contributed by atoms with E-state index in [1.165, 1.54) is 16.7 Å². The molecule has 0 radical (unpaired) electrons. The van der Waals surface area contributed by atoms with Crippen LogP contribution in [0.5, 0.6) is 0 Å². The average molecular weight is 393 g/mol. The predicted molar refractivity (Wildman–Crippen MR) is 117 cm³/mol. The molecule has 2 aromatic heterocycles. The molecule has 29 heavy (non-hydrogen) atoms. The summed E-state index contributed by atoms with van der Waals surface area (Å²) in [5, 5.41) is 14.3. The first kappa shape index (κ1) is 17.4. The normalized spacial score (nSPS) is 11.0. The molecule has 0 atom stereocenters. The highest BCUT2D eigenvalue weighted by Crippen LogP contribution is 2.32. The lowest BCUT2D eigenvalue weighted by Crippen LogP contribution is -2.21. The van der Waals surface area contributed by atoms with Crippen LogP contribution in [0.1, 0.15) is 11.1 Å². The fourth-order valence-electron chi connectivity index (χ4n) is 3.60. The lowest BCUT2D eigenvalue weighted by molar-refractivity contribution is 0.748. The van der Waals surface area contributed by atoms with Crippen LogP contribution in [0.25, 0.3) is 32.1 Å². The van der Waals surface area contributed by atoms with Gasteiger partial charge in [-0.05, 0) is 34.0 Å². The molecule has 4 nitrogen and oxygen atoms in total. The lowest BCUT2D eigenvalue weighted by atomic mass is 10.0. The Morgan fingerprint density at radius 1 is 1.00 bits per heavy atom. The predicted octanol–water partition coefficient (Wildman–Crippen LogP) is 5.20. The Bertz CT molecular complexity index is 1470. The standard InChI is InChI=1S/C24H15N3OS/c25-12-19-7-3-4-8-20(19)13-27-15-26-23-22(24(27)28)21(14-29-23)18-10-9-16-5-1-2-6-17(16)11-18/h1-11,14-15H,13H2. The molecule has 0 bridgehead atoms. The van der Waals surface area contributed by atoms with Crippen molar-refractivity contribution in [2.45, 2.75) is 6.54 Å². The molecule has 0 saturated heterocycles. The van der Waals surface area contributed by atoms with Crippen LogP contribution < -0.4 is 5.56 Å². The minimum absolute atomic E-state index is 0.0906. The van der Waals surface area contributed by atoms with Gasteiger partial charge in [-0.25, -0.2) is 4.98 Å². The van der Waals surface area contributed by atoms with E-state index >= 15 is 0 Å². The van der Waals surface area contributed by atoms with Crippen molar-refractivity contribution in [2.75, 3.05) is 0 Å². The van der Waals surface area contributed by atoms with Crippen molar-refractivity contribution in [3.8, 4) is 17.2 Å². The van der Waals surface area contributed by atoms with Crippen LogP contribution in [-0.2, 0) is 6.54 Å². The Morgan fingerprint density at radius 3 is 2.66 bits per heavy atom. The van der Waals surface area contributed by atoms with E-state index in [1.54, 1.807) is 17.0 Å². The molecule has 2 heterocycles. The molecule has 0 aliphatic carbocycles. The maximum atomic E-state index is 13.3. The zero-order valence-corrected chi connectivity index (χ0v) is 16.2. The topological polar surface area (TPSA) is 58.7 Å². The number of rotatable bonds is 3. The van der Waals surface area contributed by atoms with Crippen molar-refractivity contribution in [2.24, 2.45) is 0 Å². The SMILES string of the molecule is N#Cc1ccccc1Cn1cnc2scc(-c3ccc4ccccc4c3)c2c1=O. The maximum absolute atomic E-state index is 13.3. The molecule has 0 unspecified atom stereocenters. The van der Waals surface area contributed by atoms with Crippen LogP contribution >= 0.6 is 11.3 Å². The van der Waals surface area contributed by atoms with E-state index in [9.17, 15) is 10.1 Å². The number of hydrogen-bond donors (Lipinski definition) is 0. The van der Waals surface area contributed by atoms with Gasteiger partial charge in [-0.2, -0.15) is 5.26 Å². The molecule has 5 heteroatoms. The van der Waals surface area contributed by atoms with Crippen molar-refractivity contribution in [1.82, 2.24) is 9.55 Å². The Balaban J connectivity index is 1.65. The largest absolute Gasteiger partial charge is 0.294 e. The second-order valence-corrected chi connectivity index (χ2v) is 7.70. The van der Waals surface area contributed by atoms with E-state index in [0.29, 0.717) is 17.5 Å². The summed E-state index contributed by atoms with van der Waals surface area (Å²) in [6, 6.07) is 23.9. The van der Waals surface area contributed by atoms with Gasteiger partial charge < -0.3 is 0 Å². The summed E-state index contributed by atoms with van der Waals surface area (Å²) in [4.78, 5) is 18.5. The first-order valence-electron chi connectivity index (χ1n) is 9.18. The van der Waals surface area contributed by atoms with Crippen molar-refractivity contribution in [1.29, 1.82) is 5.26 Å². The molecule has 5 rings (SSSR count). The number of fused-ring (bicyclic) bond motifs is 2. The third-order valence-corrected chi connectivity index (χ3v) is 5.99. The Labute approximate surface area is 170 Å². The van der Waals surface area contributed by atoms with Crippen molar-refractivity contribution >= 4 is 32.3 Å². The molecule has 0 spiro atoms. The molecule has 0 aliphatic heterocycles. The first-order valence-corrected chi connectivity index (χ1v) is 10.1. The molecule has 5 aromatic rings. The summed E-state index contributed by atoms with van der Waals surface area (Å²) in [6.07, 6.45) is 1.57. The number of nitrogens with zero attached hydrogens (tertiary/aromatic N) is 3. The minimum Gasteiger partial charge on any atom is -0.294 e. The highest BCUT2D eigenvalue weighted by Gasteiger charge is 2.14. The smallest absolute Gasteiger partial charge is 0.263 e. The zero-order chi connectivity index (χ0) is 19.8. The van der Waals surface area contributed by atoms with Gasteiger partial charge in [0.1, 0.15) is 4.83 Å². The summed E-state index contributed by atoms with van der Waals surface area (Å²) >= 11 is 1.47. The molecule has 0 fully saturated rings. The Morgan fingerprint density at radius 2 is 1.79 bits per heavy atom. The number of benzene rings is 3. The van der Waals surface area contributed by atoms with E-state index in [1.807, 2.05) is 41.8 Å². The summed E-state index contributed by atoms with van der Waals surface area (Å²) in [5.41, 5.74) is 3.19. The molecule has 138 valence electrons. The highest BCUT2D eigenvalue weighted by molar-refractivity contribution is 7.17.